The second-order valence-corrected chi connectivity index (χ2v) is 6.84. The first-order chi connectivity index (χ1) is 11.1. The van der Waals surface area contributed by atoms with Gasteiger partial charge in [-0.2, -0.15) is 0 Å². The van der Waals surface area contributed by atoms with Gasteiger partial charge in [-0.25, -0.2) is 4.98 Å². The molecule has 0 unspecified atom stereocenters. The summed E-state index contributed by atoms with van der Waals surface area (Å²) < 4.78 is 7.03. The molecule has 4 aromatic rings. The monoisotopic (exact) mass is 385 g/mol. The Balaban J connectivity index is 2.04. The molecule has 3 aromatic carbocycles. The van der Waals surface area contributed by atoms with Crippen molar-refractivity contribution in [2.75, 3.05) is 0 Å². The minimum Gasteiger partial charge on any atom is -0.435 e. The van der Waals surface area contributed by atoms with E-state index in [2.05, 4.69) is 40.8 Å². The van der Waals surface area contributed by atoms with Gasteiger partial charge in [-0.3, -0.25) is 0 Å². The first-order valence-corrected chi connectivity index (χ1v) is 8.47. The Hall–Kier alpha value is -1.84. The fourth-order valence-corrected chi connectivity index (χ4v) is 3.65. The molecule has 1 aromatic heterocycles. The number of nitrogens with zero attached hydrogens (tertiary/aromatic N) is 1. The van der Waals surface area contributed by atoms with Gasteiger partial charge < -0.3 is 4.42 Å². The van der Waals surface area contributed by atoms with E-state index in [0.717, 1.165) is 36.9 Å². The fraction of sp³-hybridized carbons (Fsp3) is 0.105. The number of rotatable bonds is 1. The zero-order chi connectivity index (χ0) is 16.1. The minimum atomic E-state index is 0.610. The molecule has 23 heavy (non-hydrogen) atoms. The molecule has 0 radical (unpaired) electrons. The second kappa shape index (κ2) is 5.36. The molecule has 0 aliphatic heterocycles. The third-order valence-corrected chi connectivity index (χ3v) is 5.51. The van der Waals surface area contributed by atoms with Gasteiger partial charge in [0.1, 0.15) is 5.52 Å². The number of benzene rings is 3. The Labute approximate surface area is 147 Å². The third kappa shape index (κ3) is 2.27. The summed E-state index contributed by atoms with van der Waals surface area (Å²) in [6, 6.07) is 13.9. The van der Waals surface area contributed by atoms with Crippen LogP contribution < -0.4 is 0 Å². The molecule has 0 bridgehead atoms. The molecule has 0 aliphatic carbocycles. The highest BCUT2D eigenvalue weighted by Crippen LogP contribution is 2.36. The number of oxazole rings is 1. The van der Waals surface area contributed by atoms with Crippen molar-refractivity contribution in [3.63, 3.8) is 0 Å². The molecule has 0 fully saturated rings. The normalized spacial score (nSPS) is 11.5. The Morgan fingerprint density at radius 1 is 1.04 bits per heavy atom. The molecule has 4 rings (SSSR count). The maximum absolute atomic E-state index is 6.30. The van der Waals surface area contributed by atoms with Gasteiger partial charge in [0.25, 0.3) is 0 Å². The highest BCUT2D eigenvalue weighted by molar-refractivity contribution is 9.10. The molecule has 0 saturated heterocycles. The lowest BCUT2D eigenvalue weighted by Crippen LogP contribution is -1.83. The van der Waals surface area contributed by atoms with Crippen molar-refractivity contribution < 1.29 is 4.42 Å². The molecule has 114 valence electrons. The van der Waals surface area contributed by atoms with Crippen molar-refractivity contribution in [3.8, 4) is 11.5 Å². The van der Waals surface area contributed by atoms with E-state index in [1.807, 2.05) is 36.4 Å². The van der Waals surface area contributed by atoms with Crippen LogP contribution in [0.1, 0.15) is 11.1 Å². The molecular weight excluding hydrogens is 374 g/mol. The van der Waals surface area contributed by atoms with Gasteiger partial charge in [-0.1, -0.05) is 35.9 Å². The summed E-state index contributed by atoms with van der Waals surface area (Å²) in [6.07, 6.45) is 0. The van der Waals surface area contributed by atoms with Gasteiger partial charge >= 0.3 is 0 Å². The average molecular weight is 387 g/mol. The van der Waals surface area contributed by atoms with Crippen LogP contribution in [0.4, 0.5) is 0 Å². The standard InChI is InChI=1S/C19H13BrClNO/c1-10-9-16-18(17(20)11(10)2)23-19(22-16)14-7-3-6-13-12(14)5-4-8-15(13)21/h3-9H,1-2H3. The molecule has 0 saturated carbocycles. The number of fused-ring (bicyclic) bond motifs is 2. The largest absolute Gasteiger partial charge is 0.435 e. The second-order valence-electron chi connectivity index (χ2n) is 5.64. The Kier molecular flexibility index (Phi) is 3.43. The lowest BCUT2D eigenvalue weighted by Gasteiger charge is -2.04. The van der Waals surface area contributed by atoms with Crippen LogP contribution in [0.5, 0.6) is 0 Å². The first-order valence-electron chi connectivity index (χ1n) is 7.30. The van der Waals surface area contributed by atoms with E-state index in [4.69, 9.17) is 16.0 Å². The smallest absolute Gasteiger partial charge is 0.228 e. The lowest BCUT2D eigenvalue weighted by molar-refractivity contribution is 0.618. The van der Waals surface area contributed by atoms with E-state index < -0.39 is 0 Å². The number of aryl methyl sites for hydroxylation is 1. The zero-order valence-electron chi connectivity index (χ0n) is 12.7. The maximum atomic E-state index is 6.30. The Bertz CT molecular complexity index is 1070. The summed E-state index contributed by atoms with van der Waals surface area (Å²) in [5, 5.41) is 2.77. The average Bonchev–Trinajstić information content (AvgIpc) is 2.96. The van der Waals surface area contributed by atoms with Crippen molar-refractivity contribution in [1.82, 2.24) is 4.98 Å². The van der Waals surface area contributed by atoms with Gasteiger partial charge in [0, 0.05) is 16.0 Å². The molecule has 4 heteroatoms. The van der Waals surface area contributed by atoms with Crippen molar-refractivity contribution in [3.05, 3.63) is 63.1 Å². The molecule has 0 N–H and O–H groups in total. The molecule has 0 amide bonds. The zero-order valence-corrected chi connectivity index (χ0v) is 15.0. The predicted octanol–water partition coefficient (Wildman–Crippen LogP) is 6.68. The van der Waals surface area contributed by atoms with Crippen LogP contribution in [0.15, 0.2) is 51.4 Å². The van der Waals surface area contributed by atoms with Crippen molar-refractivity contribution >= 4 is 49.4 Å². The van der Waals surface area contributed by atoms with Gasteiger partial charge in [0.05, 0.1) is 4.47 Å². The Morgan fingerprint density at radius 2 is 1.78 bits per heavy atom. The van der Waals surface area contributed by atoms with Crippen LogP contribution in [0, 0.1) is 13.8 Å². The van der Waals surface area contributed by atoms with Crippen LogP contribution in [0.2, 0.25) is 5.02 Å². The van der Waals surface area contributed by atoms with Crippen LogP contribution in [0.25, 0.3) is 33.3 Å². The topological polar surface area (TPSA) is 26.0 Å². The number of hydrogen-bond acceptors (Lipinski definition) is 2. The predicted molar refractivity (Wildman–Crippen MR) is 99.1 cm³/mol. The number of hydrogen-bond donors (Lipinski definition) is 0. The van der Waals surface area contributed by atoms with Crippen LogP contribution in [0.3, 0.4) is 0 Å². The van der Waals surface area contributed by atoms with E-state index in [-0.39, 0.29) is 0 Å². The summed E-state index contributed by atoms with van der Waals surface area (Å²) in [6.45, 7) is 4.14. The van der Waals surface area contributed by atoms with Crippen LogP contribution in [-0.4, -0.2) is 4.98 Å². The quantitative estimate of drug-likeness (QED) is 0.364. The highest BCUT2D eigenvalue weighted by Gasteiger charge is 2.16. The van der Waals surface area contributed by atoms with Crippen LogP contribution in [-0.2, 0) is 0 Å². The summed E-state index contributed by atoms with van der Waals surface area (Å²) >= 11 is 9.93. The van der Waals surface area contributed by atoms with Gasteiger partial charge in [-0.15, -0.1) is 0 Å². The first kappa shape index (κ1) is 14.7. The minimum absolute atomic E-state index is 0.610. The number of aromatic nitrogens is 1. The SMILES string of the molecule is Cc1cc2nc(-c3cccc4c(Cl)cccc34)oc2c(Br)c1C. The van der Waals surface area contributed by atoms with E-state index in [0.29, 0.717) is 5.89 Å². The maximum Gasteiger partial charge on any atom is 0.228 e. The summed E-state index contributed by atoms with van der Waals surface area (Å²) in [7, 11) is 0. The van der Waals surface area contributed by atoms with Gasteiger partial charge in [0.2, 0.25) is 5.89 Å². The van der Waals surface area contributed by atoms with Crippen LogP contribution >= 0.6 is 27.5 Å². The fourth-order valence-electron chi connectivity index (χ4n) is 2.82. The molecule has 1 heterocycles. The molecule has 2 nitrogen and oxygen atoms in total. The molecular formula is C19H13BrClNO. The molecule has 0 spiro atoms. The van der Waals surface area contributed by atoms with Gasteiger partial charge in [0.15, 0.2) is 5.58 Å². The summed E-state index contributed by atoms with van der Waals surface area (Å²) in [5.74, 6) is 0.610. The molecule has 0 aliphatic rings. The van der Waals surface area contributed by atoms with Crippen molar-refractivity contribution in [2.45, 2.75) is 13.8 Å². The third-order valence-electron chi connectivity index (χ3n) is 4.23. The van der Waals surface area contributed by atoms with E-state index >= 15 is 0 Å². The van der Waals surface area contributed by atoms with Gasteiger partial charge in [-0.05, 0) is 64.5 Å². The van der Waals surface area contributed by atoms with E-state index in [1.54, 1.807) is 0 Å². The highest BCUT2D eigenvalue weighted by atomic mass is 79.9. The Morgan fingerprint density at radius 3 is 2.61 bits per heavy atom. The van der Waals surface area contributed by atoms with Crippen molar-refractivity contribution in [1.29, 1.82) is 0 Å². The lowest BCUT2D eigenvalue weighted by atomic mass is 10.0. The van der Waals surface area contributed by atoms with Crippen molar-refractivity contribution in [2.24, 2.45) is 0 Å². The van der Waals surface area contributed by atoms with E-state index in [1.165, 1.54) is 11.1 Å². The summed E-state index contributed by atoms with van der Waals surface area (Å²) in [4.78, 5) is 4.69. The molecule has 0 atom stereocenters. The number of halogens is 2. The van der Waals surface area contributed by atoms with E-state index in [9.17, 15) is 0 Å². The summed E-state index contributed by atoms with van der Waals surface area (Å²) in [5.41, 5.74) is 4.94.